The second kappa shape index (κ2) is 14.4. The van der Waals surface area contributed by atoms with Gasteiger partial charge in [-0.25, -0.2) is 0 Å². The van der Waals surface area contributed by atoms with Crippen LogP contribution in [0.5, 0.6) is 5.75 Å². The lowest BCUT2D eigenvalue weighted by Gasteiger charge is -2.27. The molecule has 3 rings (SSSR count). The molecule has 0 saturated carbocycles. The Labute approximate surface area is 215 Å². The summed E-state index contributed by atoms with van der Waals surface area (Å²) in [4.78, 5) is 11.9. The van der Waals surface area contributed by atoms with Crippen LogP contribution >= 0.6 is 24.0 Å². The van der Waals surface area contributed by atoms with Crippen molar-refractivity contribution >= 4 is 29.9 Å². The monoisotopic (exact) mass is 570 g/mol. The number of hydrogen-bond acceptors (Lipinski definition) is 6. The van der Waals surface area contributed by atoms with E-state index in [1.54, 1.807) is 7.11 Å². The number of halogens is 1. The van der Waals surface area contributed by atoms with Gasteiger partial charge < -0.3 is 19.9 Å². The number of rotatable bonds is 11. The van der Waals surface area contributed by atoms with E-state index in [9.17, 15) is 0 Å². The number of benzene rings is 1. The summed E-state index contributed by atoms with van der Waals surface area (Å²) in [6, 6.07) is 8.61. The summed E-state index contributed by atoms with van der Waals surface area (Å²) in [5.41, 5.74) is 1.25. The summed E-state index contributed by atoms with van der Waals surface area (Å²) in [7, 11) is 1.72. The first kappa shape index (κ1) is 27.4. The first-order valence-electron chi connectivity index (χ1n) is 11.8. The zero-order valence-electron chi connectivity index (χ0n) is 20.3. The SMILES string of the molecule is CCNC(=NCC(c1cccc(OC)c1)N1CCCC1)NCCCc1nc(C(C)C)no1.I. The molecule has 9 heteroatoms. The number of methoxy groups -OCH3 is 1. The highest BCUT2D eigenvalue weighted by Gasteiger charge is 2.23. The lowest BCUT2D eigenvalue weighted by atomic mass is 10.1. The van der Waals surface area contributed by atoms with Crippen molar-refractivity contribution in [2.45, 2.75) is 58.4 Å². The van der Waals surface area contributed by atoms with E-state index in [2.05, 4.69) is 64.6 Å². The standard InChI is InChI=1S/C24H38N6O2.HI/c1-5-25-24(26-13-9-12-22-28-23(18(2)3)29-32-22)27-17-21(30-14-6-7-15-30)19-10-8-11-20(16-19)31-4;/h8,10-11,16,18,21H,5-7,9,12-15,17H2,1-4H3,(H2,25,26,27);1H. The number of aliphatic imine (C=N–C) groups is 1. The number of hydrogen-bond donors (Lipinski definition) is 2. The molecule has 1 atom stereocenters. The Hall–Kier alpha value is -1.88. The normalized spacial score (nSPS) is 15.4. The third kappa shape index (κ3) is 8.44. The van der Waals surface area contributed by atoms with Gasteiger partial charge in [-0.15, -0.1) is 24.0 Å². The van der Waals surface area contributed by atoms with Crippen molar-refractivity contribution in [2.75, 3.05) is 39.8 Å². The van der Waals surface area contributed by atoms with Crippen molar-refractivity contribution in [3.8, 4) is 5.75 Å². The van der Waals surface area contributed by atoms with Gasteiger partial charge in [-0.3, -0.25) is 9.89 Å². The lowest BCUT2D eigenvalue weighted by molar-refractivity contribution is 0.251. The number of aromatic nitrogens is 2. The Morgan fingerprint density at radius 3 is 2.70 bits per heavy atom. The van der Waals surface area contributed by atoms with Gasteiger partial charge in [0, 0.05) is 25.4 Å². The maximum absolute atomic E-state index is 5.45. The van der Waals surface area contributed by atoms with Gasteiger partial charge in [0.25, 0.3) is 0 Å². The van der Waals surface area contributed by atoms with Crippen LogP contribution in [0.15, 0.2) is 33.8 Å². The average molecular weight is 571 g/mol. The van der Waals surface area contributed by atoms with E-state index in [-0.39, 0.29) is 35.9 Å². The predicted octanol–water partition coefficient (Wildman–Crippen LogP) is 4.14. The highest BCUT2D eigenvalue weighted by atomic mass is 127. The number of ether oxygens (including phenoxy) is 1. The van der Waals surface area contributed by atoms with Crippen molar-refractivity contribution in [2.24, 2.45) is 4.99 Å². The van der Waals surface area contributed by atoms with E-state index in [4.69, 9.17) is 14.3 Å². The first-order valence-corrected chi connectivity index (χ1v) is 11.8. The molecule has 0 radical (unpaired) electrons. The molecule has 0 bridgehead atoms. The van der Waals surface area contributed by atoms with Crippen LogP contribution in [-0.4, -0.2) is 60.8 Å². The molecule has 1 unspecified atom stereocenters. The molecule has 2 aromatic rings. The van der Waals surface area contributed by atoms with E-state index in [0.717, 1.165) is 56.6 Å². The van der Waals surface area contributed by atoms with Crippen molar-refractivity contribution in [3.63, 3.8) is 0 Å². The molecule has 1 aromatic carbocycles. The fourth-order valence-electron chi connectivity index (χ4n) is 3.90. The third-order valence-electron chi connectivity index (χ3n) is 5.69. The third-order valence-corrected chi connectivity index (χ3v) is 5.69. The molecule has 0 aliphatic carbocycles. The Morgan fingerprint density at radius 1 is 1.24 bits per heavy atom. The molecule has 1 saturated heterocycles. The average Bonchev–Trinajstić information content (AvgIpc) is 3.49. The molecule has 1 fully saturated rings. The second-order valence-electron chi connectivity index (χ2n) is 8.49. The molecule has 1 aliphatic heterocycles. The summed E-state index contributed by atoms with van der Waals surface area (Å²) in [6.07, 6.45) is 4.15. The maximum Gasteiger partial charge on any atom is 0.226 e. The quantitative estimate of drug-likeness (QED) is 0.182. The molecule has 0 spiro atoms. The molecule has 33 heavy (non-hydrogen) atoms. The van der Waals surface area contributed by atoms with Crippen LogP contribution in [0.25, 0.3) is 0 Å². The molecule has 1 aromatic heterocycles. The highest BCUT2D eigenvalue weighted by molar-refractivity contribution is 14.0. The van der Waals surface area contributed by atoms with Gasteiger partial charge >= 0.3 is 0 Å². The van der Waals surface area contributed by atoms with E-state index in [0.29, 0.717) is 12.4 Å². The van der Waals surface area contributed by atoms with Gasteiger partial charge in [0.05, 0.1) is 19.7 Å². The number of nitrogens with zero attached hydrogens (tertiary/aromatic N) is 4. The van der Waals surface area contributed by atoms with Gasteiger partial charge in [0.1, 0.15) is 5.75 Å². The summed E-state index contributed by atoms with van der Waals surface area (Å²) in [6.45, 7) is 10.8. The molecule has 1 aliphatic rings. The van der Waals surface area contributed by atoms with Crippen molar-refractivity contribution in [3.05, 3.63) is 41.5 Å². The summed E-state index contributed by atoms with van der Waals surface area (Å²) >= 11 is 0. The van der Waals surface area contributed by atoms with Gasteiger partial charge in [-0.2, -0.15) is 4.98 Å². The zero-order chi connectivity index (χ0) is 22.8. The van der Waals surface area contributed by atoms with Crippen LogP contribution in [-0.2, 0) is 6.42 Å². The Balaban J connectivity index is 0.00000385. The van der Waals surface area contributed by atoms with Crippen LogP contribution in [0.3, 0.4) is 0 Å². The molecular formula is C24H39IN6O2. The van der Waals surface area contributed by atoms with Gasteiger partial charge in [-0.1, -0.05) is 31.1 Å². The minimum absolute atomic E-state index is 0. The van der Waals surface area contributed by atoms with Gasteiger partial charge in [-0.05, 0) is 57.0 Å². The Kier molecular flexibility index (Phi) is 11.9. The molecule has 2 heterocycles. The van der Waals surface area contributed by atoms with Gasteiger partial charge in [0.2, 0.25) is 5.89 Å². The first-order chi connectivity index (χ1) is 15.6. The molecule has 8 nitrogen and oxygen atoms in total. The Bertz CT molecular complexity index is 851. The minimum atomic E-state index is 0. The minimum Gasteiger partial charge on any atom is -0.497 e. The number of nitrogens with one attached hydrogen (secondary N) is 2. The second-order valence-corrected chi connectivity index (χ2v) is 8.49. The summed E-state index contributed by atoms with van der Waals surface area (Å²) < 4.78 is 10.8. The van der Waals surface area contributed by atoms with E-state index >= 15 is 0 Å². The van der Waals surface area contributed by atoms with E-state index in [1.165, 1.54) is 18.4 Å². The van der Waals surface area contributed by atoms with Crippen LogP contribution < -0.4 is 15.4 Å². The summed E-state index contributed by atoms with van der Waals surface area (Å²) in [5.74, 6) is 3.49. The number of aryl methyl sites for hydroxylation is 1. The van der Waals surface area contributed by atoms with Crippen LogP contribution in [0.2, 0.25) is 0 Å². The summed E-state index contributed by atoms with van der Waals surface area (Å²) in [5, 5.41) is 10.8. The fourth-order valence-corrected chi connectivity index (χ4v) is 3.90. The molecule has 0 amide bonds. The largest absolute Gasteiger partial charge is 0.497 e. The molecular weight excluding hydrogens is 531 g/mol. The van der Waals surface area contributed by atoms with Crippen LogP contribution in [0, 0.1) is 0 Å². The van der Waals surface area contributed by atoms with Crippen molar-refractivity contribution in [1.82, 2.24) is 25.7 Å². The highest BCUT2D eigenvalue weighted by Crippen LogP contribution is 2.27. The van der Waals surface area contributed by atoms with Crippen molar-refractivity contribution in [1.29, 1.82) is 0 Å². The van der Waals surface area contributed by atoms with E-state index < -0.39 is 0 Å². The van der Waals surface area contributed by atoms with E-state index in [1.807, 2.05) is 6.07 Å². The van der Waals surface area contributed by atoms with Crippen LogP contribution in [0.1, 0.15) is 69.3 Å². The predicted molar refractivity (Wildman–Crippen MR) is 143 cm³/mol. The molecule has 184 valence electrons. The number of likely N-dealkylation sites (tertiary alicyclic amines) is 1. The van der Waals surface area contributed by atoms with Gasteiger partial charge in [0.15, 0.2) is 11.8 Å². The Morgan fingerprint density at radius 2 is 2.03 bits per heavy atom. The van der Waals surface area contributed by atoms with Crippen LogP contribution in [0.4, 0.5) is 0 Å². The topological polar surface area (TPSA) is 87.8 Å². The lowest BCUT2D eigenvalue weighted by Crippen LogP contribution is -2.39. The fraction of sp³-hybridized carbons (Fsp3) is 0.625. The smallest absolute Gasteiger partial charge is 0.226 e. The zero-order valence-corrected chi connectivity index (χ0v) is 22.7. The van der Waals surface area contributed by atoms with Crippen molar-refractivity contribution < 1.29 is 9.26 Å². The molecule has 2 N–H and O–H groups in total. The maximum atomic E-state index is 5.45. The number of guanidine groups is 1.